The van der Waals surface area contributed by atoms with E-state index in [0.717, 1.165) is 12.0 Å². The second-order valence-electron chi connectivity index (χ2n) is 5.38. The fraction of sp³-hybridized carbons (Fsp3) is 0.562. The summed E-state index contributed by atoms with van der Waals surface area (Å²) in [5.41, 5.74) is 5.99. The summed E-state index contributed by atoms with van der Waals surface area (Å²) >= 11 is 0. The van der Waals surface area contributed by atoms with E-state index in [1.165, 1.54) is 0 Å². The van der Waals surface area contributed by atoms with E-state index in [-0.39, 0.29) is 5.91 Å². The molecule has 1 aromatic rings. The Labute approximate surface area is 131 Å². The third-order valence-corrected chi connectivity index (χ3v) is 3.47. The molecular formula is C16H26N2O4. The number of amides is 1. The number of ether oxygens (including phenoxy) is 3. The number of nitrogens with one attached hydrogen (secondary N) is 1. The molecule has 0 radical (unpaired) electrons. The lowest BCUT2D eigenvalue weighted by atomic mass is 9.96. The van der Waals surface area contributed by atoms with E-state index in [1.807, 2.05) is 6.92 Å². The predicted octanol–water partition coefficient (Wildman–Crippen LogP) is 1.85. The van der Waals surface area contributed by atoms with Crippen LogP contribution in [-0.2, 0) is 11.3 Å². The van der Waals surface area contributed by atoms with Crippen molar-refractivity contribution < 1.29 is 19.0 Å². The summed E-state index contributed by atoms with van der Waals surface area (Å²) in [6.45, 7) is 4.07. The Hall–Kier alpha value is -1.95. The number of nitrogens with two attached hydrogens (primary N) is 1. The van der Waals surface area contributed by atoms with Gasteiger partial charge in [0.1, 0.15) is 0 Å². The molecule has 0 heterocycles. The number of rotatable bonds is 8. The van der Waals surface area contributed by atoms with Crippen LogP contribution in [0.5, 0.6) is 17.2 Å². The average Bonchev–Trinajstić information content (AvgIpc) is 2.51. The fourth-order valence-electron chi connectivity index (χ4n) is 2.25. The highest BCUT2D eigenvalue weighted by Gasteiger charge is 2.26. The molecule has 1 rings (SSSR count). The SMILES string of the molecule is CCCC(C)(N)C(=O)NCc1cc(OC)c(OC)c(OC)c1. The molecule has 0 saturated heterocycles. The quantitative estimate of drug-likeness (QED) is 0.765. The van der Waals surface area contributed by atoms with Crippen LogP contribution in [0.3, 0.4) is 0 Å². The zero-order valence-electron chi connectivity index (χ0n) is 14.0. The Kier molecular flexibility index (Phi) is 6.49. The van der Waals surface area contributed by atoms with Crippen LogP contribution in [0, 0.1) is 0 Å². The van der Waals surface area contributed by atoms with Crippen molar-refractivity contribution >= 4 is 5.91 Å². The highest BCUT2D eigenvalue weighted by Crippen LogP contribution is 2.38. The van der Waals surface area contributed by atoms with Crippen LogP contribution in [-0.4, -0.2) is 32.8 Å². The Morgan fingerprint density at radius 1 is 1.18 bits per heavy atom. The van der Waals surface area contributed by atoms with Crippen LogP contribution in [0.1, 0.15) is 32.3 Å². The molecule has 0 saturated carbocycles. The molecule has 0 aliphatic rings. The fourth-order valence-corrected chi connectivity index (χ4v) is 2.25. The van der Waals surface area contributed by atoms with Crippen LogP contribution >= 0.6 is 0 Å². The summed E-state index contributed by atoms with van der Waals surface area (Å²) < 4.78 is 15.8. The normalized spacial score (nSPS) is 13.2. The second kappa shape index (κ2) is 7.89. The van der Waals surface area contributed by atoms with Crippen LogP contribution in [0.2, 0.25) is 0 Å². The summed E-state index contributed by atoms with van der Waals surface area (Å²) in [5, 5.41) is 2.85. The number of methoxy groups -OCH3 is 3. The minimum absolute atomic E-state index is 0.178. The van der Waals surface area contributed by atoms with Gasteiger partial charge in [0, 0.05) is 6.54 Å². The minimum Gasteiger partial charge on any atom is -0.493 e. The number of hydrogen-bond acceptors (Lipinski definition) is 5. The van der Waals surface area contributed by atoms with Gasteiger partial charge >= 0.3 is 0 Å². The van der Waals surface area contributed by atoms with Crippen LogP contribution in [0.4, 0.5) is 0 Å². The maximum absolute atomic E-state index is 12.1. The molecule has 6 heteroatoms. The Bertz CT molecular complexity index is 490. The third-order valence-electron chi connectivity index (χ3n) is 3.47. The van der Waals surface area contributed by atoms with E-state index < -0.39 is 5.54 Å². The Morgan fingerprint density at radius 3 is 2.14 bits per heavy atom. The lowest BCUT2D eigenvalue weighted by molar-refractivity contribution is -0.126. The lowest BCUT2D eigenvalue weighted by Gasteiger charge is -2.23. The molecule has 0 aliphatic carbocycles. The number of hydrogen-bond donors (Lipinski definition) is 2. The van der Waals surface area contributed by atoms with Gasteiger partial charge in [-0.3, -0.25) is 4.79 Å². The van der Waals surface area contributed by atoms with Crippen molar-refractivity contribution in [3.05, 3.63) is 17.7 Å². The van der Waals surface area contributed by atoms with Gasteiger partial charge in [-0.25, -0.2) is 0 Å². The van der Waals surface area contributed by atoms with Crippen LogP contribution in [0.25, 0.3) is 0 Å². The average molecular weight is 310 g/mol. The Balaban J connectivity index is 2.88. The summed E-state index contributed by atoms with van der Waals surface area (Å²) in [6.07, 6.45) is 1.48. The maximum Gasteiger partial charge on any atom is 0.240 e. The van der Waals surface area contributed by atoms with E-state index in [1.54, 1.807) is 40.4 Å². The Morgan fingerprint density at radius 2 is 1.73 bits per heavy atom. The molecule has 1 atom stereocenters. The highest BCUT2D eigenvalue weighted by atomic mass is 16.5. The van der Waals surface area contributed by atoms with Crippen molar-refractivity contribution in [2.45, 2.75) is 38.8 Å². The van der Waals surface area contributed by atoms with Gasteiger partial charge in [0.25, 0.3) is 0 Å². The van der Waals surface area contributed by atoms with Gasteiger partial charge in [0.2, 0.25) is 11.7 Å². The first kappa shape index (κ1) is 18.1. The first-order chi connectivity index (χ1) is 10.4. The van der Waals surface area contributed by atoms with Crippen molar-refractivity contribution in [2.24, 2.45) is 5.73 Å². The lowest BCUT2D eigenvalue weighted by Crippen LogP contribution is -2.51. The van der Waals surface area contributed by atoms with Crippen molar-refractivity contribution in [1.82, 2.24) is 5.32 Å². The molecule has 1 aromatic carbocycles. The summed E-state index contributed by atoms with van der Waals surface area (Å²) in [5.74, 6) is 1.45. The standard InChI is InChI=1S/C16H26N2O4/c1-6-7-16(2,17)15(19)18-10-11-8-12(20-3)14(22-5)13(9-11)21-4/h8-9H,6-7,10,17H2,1-5H3,(H,18,19). The van der Waals surface area contributed by atoms with E-state index in [9.17, 15) is 4.79 Å². The zero-order chi connectivity index (χ0) is 16.8. The maximum atomic E-state index is 12.1. The molecule has 22 heavy (non-hydrogen) atoms. The smallest absolute Gasteiger partial charge is 0.240 e. The molecule has 1 amide bonds. The van der Waals surface area contributed by atoms with Gasteiger partial charge < -0.3 is 25.3 Å². The van der Waals surface area contributed by atoms with Crippen molar-refractivity contribution in [1.29, 1.82) is 0 Å². The largest absolute Gasteiger partial charge is 0.493 e. The first-order valence-electron chi connectivity index (χ1n) is 7.25. The second-order valence-corrected chi connectivity index (χ2v) is 5.38. The van der Waals surface area contributed by atoms with Gasteiger partial charge in [-0.2, -0.15) is 0 Å². The zero-order valence-corrected chi connectivity index (χ0v) is 14.0. The van der Waals surface area contributed by atoms with Gasteiger partial charge in [-0.1, -0.05) is 13.3 Å². The summed E-state index contributed by atoms with van der Waals surface area (Å²) in [4.78, 5) is 12.1. The number of carbonyl (C=O) groups excluding carboxylic acids is 1. The molecule has 0 aromatic heterocycles. The number of carbonyl (C=O) groups is 1. The molecule has 6 nitrogen and oxygen atoms in total. The monoisotopic (exact) mass is 310 g/mol. The van der Waals surface area contributed by atoms with E-state index in [0.29, 0.717) is 30.2 Å². The molecular weight excluding hydrogens is 284 g/mol. The van der Waals surface area contributed by atoms with Gasteiger partial charge in [0.05, 0.1) is 26.9 Å². The van der Waals surface area contributed by atoms with Crippen LogP contribution in [0.15, 0.2) is 12.1 Å². The predicted molar refractivity (Wildman–Crippen MR) is 85.4 cm³/mol. The molecule has 0 fully saturated rings. The van der Waals surface area contributed by atoms with Crippen molar-refractivity contribution in [2.75, 3.05) is 21.3 Å². The minimum atomic E-state index is -0.866. The molecule has 0 spiro atoms. The van der Waals surface area contributed by atoms with Gasteiger partial charge in [-0.15, -0.1) is 0 Å². The van der Waals surface area contributed by atoms with Crippen molar-refractivity contribution in [3.8, 4) is 17.2 Å². The summed E-state index contributed by atoms with van der Waals surface area (Å²) in [6, 6.07) is 3.60. The molecule has 124 valence electrons. The molecule has 3 N–H and O–H groups in total. The third kappa shape index (κ3) is 4.27. The van der Waals surface area contributed by atoms with E-state index >= 15 is 0 Å². The molecule has 0 bridgehead atoms. The van der Waals surface area contributed by atoms with Gasteiger partial charge in [-0.05, 0) is 31.0 Å². The first-order valence-corrected chi connectivity index (χ1v) is 7.25. The number of benzene rings is 1. The molecule has 1 unspecified atom stereocenters. The van der Waals surface area contributed by atoms with Crippen LogP contribution < -0.4 is 25.3 Å². The molecule has 0 aliphatic heterocycles. The van der Waals surface area contributed by atoms with E-state index in [2.05, 4.69) is 5.32 Å². The van der Waals surface area contributed by atoms with Gasteiger partial charge in [0.15, 0.2) is 11.5 Å². The van der Waals surface area contributed by atoms with Crippen molar-refractivity contribution in [3.63, 3.8) is 0 Å². The van der Waals surface area contributed by atoms with E-state index in [4.69, 9.17) is 19.9 Å². The highest BCUT2D eigenvalue weighted by molar-refractivity contribution is 5.85. The summed E-state index contributed by atoms with van der Waals surface area (Å²) in [7, 11) is 4.65. The topological polar surface area (TPSA) is 82.8 Å².